The molecule has 0 heterocycles. The SMILES string of the molecule is COc1ccc(NC(=O)[C@H](C)N(c2ccc(C)c(C)c2)S(C)(=O)=O)cc1. The zero-order valence-corrected chi connectivity index (χ0v) is 16.4. The summed E-state index contributed by atoms with van der Waals surface area (Å²) in [6, 6.07) is 11.3. The average molecular weight is 376 g/mol. The number of amides is 1. The quantitative estimate of drug-likeness (QED) is 0.840. The van der Waals surface area contributed by atoms with Crippen LogP contribution in [0.4, 0.5) is 11.4 Å². The lowest BCUT2D eigenvalue weighted by molar-refractivity contribution is -0.116. The lowest BCUT2D eigenvalue weighted by Gasteiger charge is -2.28. The maximum atomic E-state index is 12.6. The number of methoxy groups -OCH3 is 1. The summed E-state index contributed by atoms with van der Waals surface area (Å²) in [5.74, 6) is 0.253. The van der Waals surface area contributed by atoms with Crippen molar-refractivity contribution in [3.8, 4) is 5.75 Å². The summed E-state index contributed by atoms with van der Waals surface area (Å²) in [5, 5.41) is 2.74. The Labute approximate surface area is 154 Å². The van der Waals surface area contributed by atoms with Gasteiger partial charge in [0.05, 0.1) is 19.1 Å². The van der Waals surface area contributed by atoms with Crippen LogP contribution < -0.4 is 14.4 Å². The molecule has 0 saturated heterocycles. The number of hydrogen-bond acceptors (Lipinski definition) is 4. The maximum Gasteiger partial charge on any atom is 0.247 e. The number of carbonyl (C=O) groups excluding carboxylic acids is 1. The molecule has 0 aliphatic carbocycles. The van der Waals surface area contributed by atoms with Gasteiger partial charge in [0.2, 0.25) is 15.9 Å². The van der Waals surface area contributed by atoms with Crippen LogP contribution in [-0.2, 0) is 14.8 Å². The van der Waals surface area contributed by atoms with Gasteiger partial charge in [0, 0.05) is 5.69 Å². The molecule has 2 aromatic carbocycles. The first kappa shape index (κ1) is 19.8. The summed E-state index contributed by atoms with van der Waals surface area (Å²) in [5.41, 5.74) is 3.04. The zero-order chi connectivity index (χ0) is 19.5. The topological polar surface area (TPSA) is 75.7 Å². The number of aryl methyl sites for hydroxylation is 2. The first-order chi connectivity index (χ1) is 12.1. The fourth-order valence-corrected chi connectivity index (χ4v) is 3.76. The van der Waals surface area contributed by atoms with Crippen LogP contribution in [0.15, 0.2) is 42.5 Å². The van der Waals surface area contributed by atoms with Gasteiger partial charge in [0.25, 0.3) is 0 Å². The van der Waals surface area contributed by atoms with E-state index in [1.165, 1.54) is 0 Å². The summed E-state index contributed by atoms with van der Waals surface area (Å²) < 4.78 is 30.9. The monoisotopic (exact) mass is 376 g/mol. The van der Waals surface area contributed by atoms with E-state index in [1.807, 2.05) is 19.9 Å². The Morgan fingerprint density at radius 1 is 1.08 bits per heavy atom. The molecule has 0 fully saturated rings. The van der Waals surface area contributed by atoms with Crippen LogP contribution >= 0.6 is 0 Å². The van der Waals surface area contributed by atoms with Crippen LogP contribution in [0, 0.1) is 13.8 Å². The molecule has 0 bridgehead atoms. The normalized spacial score (nSPS) is 12.3. The highest BCUT2D eigenvalue weighted by atomic mass is 32.2. The molecule has 2 aromatic rings. The molecule has 0 aromatic heterocycles. The molecule has 0 aliphatic heterocycles. The molecule has 0 spiro atoms. The second kappa shape index (κ2) is 7.78. The third kappa shape index (κ3) is 4.54. The molecule has 1 N–H and O–H groups in total. The lowest BCUT2D eigenvalue weighted by atomic mass is 10.1. The summed E-state index contributed by atoms with van der Waals surface area (Å²) >= 11 is 0. The van der Waals surface area contributed by atoms with E-state index in [1.54, 1.807) is 50.4 Å². The van der Waals surface area contributed by atoms with Crippen molar-refractivity contribution in [1.29, 1.82) is 0 Å². The van der Waals surface area contributed by atoms with Gasteiger partial charge >= 0.3 is 0 Å². The predicted octanol–water partition coefficient (Wildman–Crippen LogP) is 3.11. The molecule has 6 nitrogen and oxygen atoms in total. The molecule has 0 radical (unpaired) electrons. The first-order valence-corrected chi connectivity index (χ1v) is 10.00. The fraction of sp³-hybridized carbons (Fsp3) is 0.316. The molecule has 7 heteroatoms. The van der Waals surface area contributed by atoms with Gasteiger partial charge in [-0.25, -0.2) is 8.42 Å². The van der Waals surface area contributed by atoms with Crippen LogP contribution in [-0.4, -0.2) is 33.7 Å². The van der Waals surface area contributed by atoms with Crippen LogP contribution in [0.1, 0.15) is 18.1 Å². The van der Waals surface area contributed by atoms with Crippen molar-refractivity contribution in [2.45, 2.75) is 26.8 Å². The van der Waals surface area contributed by atoms with Gasteiger partial charge < -0.3 is 10.1 Å². The third-order valence-corrected chi connectivity index (χ3v) is 5.43. The van der Waals surface area contributed by atoms with E-state index in [0.717, 1.165) is 21.7 Å². The zero-order valence-electron chi connectivity index (χ0n) is 15.6. The molecule has 26 heavy (non-hydrogen) atoms. The fourth-order valence-electron chi connectivity index (χ4n) is 2.59. The van der Waals surface area contributed by atoms with Gasteiger partial charge in [0.15, 0.2) is 0 Å². The Morgan fingerprint density at radius 3 is 2.19 bits per heavy atom. The van der Waals surface area contributed by atoms with E-state index in [2.05, 4.69) is 5.32 Å². The van der Waals surface area contributed by atoms with Gasteiger partial charge in [-0.3, -0.25) is 9.10 Å². The minimum atomic E-state index is -3.64. The minimum absolute atomic E-state index is 0.418. The van der Waals surface area contributed by atoms with Gasteiger partial charge in [-0.05, 0) is 68.3 Å². The minimum Gasteiger partial charge on any atom is -0.497 e. The average Bonchev–Trinajstić information content (AvgIpc) is 2.57. The van der Waals surface area contributed by atoms with E-state index >= 15 is 0 Å². The van der Waals surface area contributed by atoms with Crippen molar-refractivity contribution < 1.29 is 17.9 Å². The van der Waals surface area contributed by atoms with Crippen molar-refractivity contribution in [1.82, 2.24) is 0 Å². The van der Waals surface area contributed by atoms with Gasteiger partial charge in [-0.1, -0.05) is 6.07 Å². The molecule has 1 amide bonds. The summed E-state index contributed by atoms with van der Waals surface area (Å²) in [7, 11) is -2.08. The highest BCUT2D eigenvalue weighted by Gasteiger charge is 2.29. The van der Waals surface area contributed by atoms with Crippen LogP contribution in [0.2, 0.25) is 0 Å². The number of nitrogens with one attached hydrogen (secondary N) is 1. The van der Waals surface area contributed by atoms with Gasteiger partial charge in [-0.15, -0.1) is 0 Å². The number of ether oxygens (including phenoxy) is 1. The Balaban J connectivity index is 2.29. The number of benzene rings is 2. The number of rotatable bonds is 6. The second-order valence-corrected chi connectivity index (χ2v) is 8.08. The second-order valence-electron chi connectivity index (χ2n) is 6.22. The van der Waals surface area contributed by atoms with E-state index in [-0.39, 0.29) is 0 Å². The molecular formula is C19H24N2O4S. The van der Waals surface area contributed by atoms with Gasteiger partial charge in [0.1, 0.15) is 11.8 Å². The number of nitrogens with zero attached hydrogens (tertiary/aromatic N) is 1. The van der Waals surface area contributed by atoms with Crippen LogP contribution in [0.5, 0.6) is 5.75 Å². The Bertz CT molecular complexity index is 892. The Morgan fingerprint density at radius 2 is 1.69 bits per heavy atom. The number of anilines is 2. The van der Waals surface area contributed by atoms with E-state index in [0.29, 0.717) is 17.1 Å². The lowest BCUT2D eigenvalue weighted by Crippen LogP contribution is -2.45. The number of sulfonamides is 1. The molecule has 0 saturated carbocycles. The van der Waals surface area contributed by atoms with Crippen LogP contribution in [0.3, 0.4) is 0 Å². The first-order valence-electron chi connectivity index (χ1n) is 8.15. The Hall–Kier alpha value is -2.54. The molecule has 2 rings (SSSR count). The molecule has 0 aliphatic rings. The standard InChI is InChI=1S/C19H24N2O4S/c1-13-6-9-17(12-14(13)2)21(26(5,23)24)15(3)19(22)20-16-7-10-18(25-4)11-8-16/h6-12,15H,1-5H3,(H,20,22)/t15-/m0/s1. The highest BCUT2D eigenvalue weighted by Crippen LogP contribution is 2.24. The molecule has 140 valence electrons. The van der Waals surface area contributed by atoms with E-state index < -0.39 is 22.0 Å². The Kier molecular flexibility index (Phi) is 5.92. The summed E-state index contributed by atoms with van der Waals surface area (Å²) in [6.45, 7) is 5.42. The van der Waals surface area contributed by atoms with Crippen molar-refractivity contribution in [2.75, 3.05) is 23.0 Å². The smallest absolute Gasteiger partial charge is 0.247 e. The third-order valence-electron chi connectivity index (χ3n) is 4.19. The van der Waals surface area contributed by atoms with Crippen molar-refractivity contribution >= 4 is 27.3 Å². The predicted molar refractivity (Wildman–Crippen MR) is 104 cm³/mol. The number of carbonyl (C=O) groups is 1. The summed E-state index contributed by atoms with van der Waals surface area (Å²) in [4.78, 5) is 12.6. The van der Waals surface area contributed by atoms with Crippen molar-refractivity contribution in [3.63, 3.8) is 0 Å². The molecule has 0 unspecified atom stereocenters. The van der Waals surface area contributed by atoms with Crippen LogP contribution in [0.25, 0.3) is 0 Å². The van der Waals surface area contributed by atoms with E-state index in [4.69, 9.17) is 4.74 Å². The largest absolute Gasteiger partial charge is 0.497 e. The highest BCUT2D eigenvalue weighted by molar-refractivity contribution is 7.92. The molecule has 1 atom stereocenters. The van der Waals surface area contributed by atoms with Crippen molar-refractivity contribution in [3.05, 3.63) is 53.6 Å². The van der Waals surface area contributed by atoms with Crippen molar-refractivity contribution in [2.24, 2.45) is 0 Å². The maximum absolute atomic E-state index is 12.6. The molecular weight excluding hydrogens is 352 g/mol. The summed E-state index contributed by atoms with van der Waals surface area (Å²) in [6.07, 6.45) is 1.10. The van der Waals surface area contributed by atoms with E-state index in [9.17, 15) is 13.2 Å². The number of hydrogen-bond donors (Lipinski definition) is 1. The van der Waals surface area contributed by atoms with Gasteiger partial charge in [-0.2, -0.15) is 0 Å².